The molecule has 2 N–H and O–H groups in total. The molecular weight excluding hydrogens is 248 g/mol. The monoisotopic (exact) mass is 268 g/mol. The molecule has 0 bridgehead atoms. The number of methoxy groups -OCH3 is 1. The lowest BCUT2D eigenvalue weighted by Gasteiger charge is -2.22. The van der Waals surface area contributed by atoms with Gasteiger partial charge in [-0.25, -0.2) is 0 Å². The normalized spacial score (nSPS) is 10.2. The van der Waals surface area contributed by atoms with Crippen molar-refractivity contribution in [3.8, 4) is 5.75 Å². The van der Waals surface area contributed by atoms with Crippen molar-refractivity contribution in [3.63, 3.8) is 0 Å². The van der Waals surface area contributed by atoms with Crippen molar-refractivity contribution in [2.24, 2.45) is 5.73 Å². The number of hydrogen-bond acceptors (Lipinski definition) is 4. The zero-order valence-corrected chi connectivity index (χ0v) is 11.9. The Labute approximate surface area is 114 Å². The van der Waals surface area contributed by atoms with E-state index in [1.807, 2.05) is 32.2 Å². The predicted octanol–water partition coefficient (Wildman–Crippen LogP) is 1.80. The molecule has 0 fully saturated rings. The minimum atomic E-state index is 0.385. The summed E-state index contributed by atoms with van der Waals surface area (Å²) in [6.07, 6.45) is 0. The largest absolute Gasteiger partial charge is 0.497 e. The first kappa shape index (κ1) is 14.7. The lowest BCUT2D eigenvalue weighted by atomic mass is 10.1. The van der Waals surface area contributed by atoms with Gasteiger partial charge in [-0.1, -0.05) is 12.2 Å². The number of thiocarbonyl (C=S) groups is 1. The molecule has 5 heteroatoms. The van der Waals surface area contributed by atoms with Crippen LogP contribution in [0.25, 0.3) is 0 Å². The highest BCUT2D eigenvalue weighted by atomic mass is 32.1. The van der Waals surface area contributed by atoms with Crippen molar-refractivity contribution in [2.45, 2.75) is 6.92 Å². The molecule has 0 aliphatic heterocycles. The number of benzene rings is 1. The zero-order valence-electron chi connectivity index (χ0n) is 11.1. The molecule has 1 aromatic rings. The van der Waals surface area contributed by atoms with E-state index in [0.717, 1.165) is 23.5 Å². The van der Waals surface area contributed by atoms with Crippen LogP contribution >= 0.6 is 12.2 Å². The van der Waals surface area contributed by atoms with Crippen LogP contribution in [-0.4, -0.2) is 38.9 Å². The van der Waals surface area contributed by atoms with Crippen LogP contribution in [0.5, 0.6) is 5.75 Å². The van der Waals surface area contributed by atoms with Crippen LogP contribution in [0.15, 0.2) is 18.2 Å². The van der Waals surface area contributed by atoms with Crippen LogP contribution in [0, 0.1) is 0 Å². The number of nitrogens with zero attached hydrogens (tertiary/aromatic N) is 1. The summed E-state index contributed by atoms with van der Waals surface area (Å²) in [5.74, 6) is 0.785. The van der Waals surface area contributed by atoms with E-state index in [9.17, 15) is 0 Å². The summed E-state index contributed by atoms with van der Waals surface area (Å²) in [6.45, 7) is 4.14. The minimum Gasteiger partial charge on any atom is -0.497 e. The van der Waals surface area contributed by atoms with Crippen molar-refractivity contribution in [1.82, 2.24) is 0 Å². The van der Waals surface area contributed by atoms with Gasteiger partial charge in [0.15, 0.2) is 0 Å². The first-order chi connectivity index (χ1) is 8.60. The number of nitrogens with two attached hydrogens (primary N) is 1. The Morgan fingerprint density at radius 2 is 2.17 bits per heavy atom. The highest BCUT2D eigenvalue weighted by Gasteiger charge is 2.11. The minimum absolute atomic E-state index is 0.385. The molecule has 0 unspecified atom stereocenters. The number of hydrogen-bond donors (Lipinski definition) is 1. The second-order valence-electron chi connectivity index (χ2n) is 3.87. The quantitative estimate of drug-likeness (QED) is 0.603. The summed E-state index contributed by atoms with van der Waals surface area (Å²) in [4.78, 5) is 2.45. The molecule has 0 radical (unpaired) electrons. The van der Waals surface area contributed by atoms with Gasteiger partial charge in [0.1, 0.15) is 10.7 Å². The van der Waals surface area contributed by atoms with E-state index in [0.29, 0.717) is 18.2 Å². The molecule has 0 aromatic heterocycles. The molecule has 0 saturated heterocycles. The maximum atomic E-state index is 5.73. The van der Waals surface area contributed by atoms with Crippen LogP contribution in [0.4, 0.5) is 5.69 Å². The number of likely N-dealkylation sites (N-methyl/N-ethyl adjacent to an activating group) is 1. The third kappa shape index (κ3) is 3.85. The summed E-state index contributed by atoms with van der Waals surface area (Å²) >= 11 is 5.06. The van der Waals surface area contributed by atoms with Crippen LogP contribution in [0.1, 0.15) is 12.5 Å². The van der Waals surface area contributed by atoms with Gasteiger partial charge in [-0.2, -0.15) is 0 Å². The number of rotatable bonds is 7. The number of ether oxygens (including phenoxy) is 2. The van der Waals surface area contributed by atoms with Crippen molar-refractivity contribution in [2.75, 3.05) is 38.8 Å². The predicted molar refractivity (Wildman–Crippen MR) is 78.6 cm³/mol. The summed E-state index contributed by atoms with van der Waals surface area (Å²) in [5, 5.41) is 0. The van der Waals surface area contributed by atoms with E-state index in [4.69, 9.17) is 27.4 Å². The van der Waals surface area contributed by atoms with Crippen LogP contribution < -0.4 is 15.4 Å². The molecule has 100 valence electrons. The van der Waals surface area contributed by atoms with Gasteiger partial charge in [0, 0.05) is 31.8 Å². The fourth-order valence-corrected chi connectivity index (χ4v) is 1.80. The van der Waals surface area contributed by atoms with E-state index >= 15 is 0 Å². The van der Waals surface area contributed by atoms with Gasteiger partial charge in [0.25, 0.3) is 0 Å². The summed E-state index contributed by atoms with van der Waals surface area (Å²) in [6, 6.07) is 5.67. The van der Waals surface area contributed by atoms with E-state index < -0.39 is 0 Å². The molecule has 1 rings (SSSR count). The Hall–Kier alpha value is -1.33. The van der Waals surface area contributed by atoms with Gasteiger partial charge >= 0.3 is 0 Å². The van der Waals surface area contributed by atoms with Crippen molar-refractivity contribution in [3.05, 3.63) is 23.8 Å². The molecule has 18 heavy (non-hydrogen) atoms. The third-order valence-corrected chi connectivity index (χ3v) is 2.88. The van der Waals surface area contributed by atoms with E-state index in [2.05, 4.69) is 4.90 Å². The van der Waals surface area contributed by atoms with Gasteiger partial charge in [-0.05, 0) is 19.1 Å². The number of anilines is 1. The van der Waals surface area contributed by atoms with Crippen molar-refractivity contribution >= 4 is 22.9 Å². The van der Waals surface area contributed by atoms with Crippen LogP contribution in [-0.2, 0) is 4.74 Å². The molecule has 0 amide bonds. The lowest BCUT2D eigenvalue weighted by Crippen LogP contribution is -2.25. The highest BCUT2D eigenvalue weighted by Crippen LogP contribution is 2.25. The first-order valence-corrected chi connectivity index (χ1v) is 6.27. The molecule has 0 atom stereocenters. The Kier molecular flexibility index (Phi) is 5.88. The fourth-order valence-electron chi connectivity index (χ4n) is 1.63. The second kappa shape index (κ2) is 7.18. The molecule has 0 spiro atoms. The van der Waals surface area contributed by atoms with Crippen molar-refractivity contribution in [1.29, 1.82) is 0 Å². The van der Waals surface area contributed by atoms with Gasteiger partial charge in [0.05, 0.1) is 19.4 Å². The van der Waals surface area contributed by atoms with Gasteiger partial charge < -0.3 is 20.1 Å². The molecule has 0 aliphatic carbocycles. The van der Waals surface area contributed by atoms with Gasteiger partial charge in [0.2, 0.25) is 0 Å². The smallest absolute Gasteiger partial charge is 0.120 e. The Morgan fingerprint density at radius 3 is 2.72 bits per heavy atom. The van der Waals surface area contributed by atoms with Crippen LogP contribution in [0.2, 0.25) is 0 Å². The maximum absolute atomic E-state index is 5.73. The molecular formula is C13H20N2O2S. The van der Waals surface area contributed by atoms with E-state index in [1.165, 1.54) is 0 Å². The summed E-state index contributed by atoms with van der Waals surface area (Å²) < 4.78 is 10.6. The fraction of sp³-hybridized carbons (Fsp3) is 0.462. The standard InChI is InChI=1S/C13H20N2O2S/c1-4-17-8-7-15(2)12-9-10(16-3)5-6-11(12)13(14)18/h5-6,9H,4,7-8H2,1-3H3,(H2,14,18). The van der Waals surface area contributed by atoms with Crippen molar-refractivity contribution < 1.29 is 9.47 Å². The average molecular weight is 268 g/mol. The molecule has 0 saturated carbocycles. The molecule has 0 aliphatic rings. The average Bonchev–Trinajstić information content (AvgIpc) is 2.38. The maximum Gasteiger partial charge on any atom is 0.120 e. The lowest BCUT2D eigenvalue weighted by molar-refractivity contribution is 0.154. The summed E-state index contributed by atoms with van der Waals surface area (Å²) in [5.41, 5.74) is 7.54. The second-order valence-corrected chi connectivity index (χ2v) is 4.31. The highest BCUT2D eigenvalue weighted by molar-refractivity contribution is 7.80. The van der Waals surface area contributed by atoms with E-state index in [-0.39, 0.29) is 0 Å². The Morgan fingerprint density at radius 1 is 1.44 bits per heavy atom. The van der Waals surface area contributed by atoms with Gasteiger partial charge in [-0.3, -0.25) is 0 Å². The van der Waals surface area contributed by atoms with Gasteiger partial charge in [-0.15, -0.1) is 0 Å². The van der Waals surface area contributed by atoms with Crippen LogP contribution in [0.3, 0.4) is 0 Å². The zero-order chi connectivity index (χ0) is 13.5. The topological polar surface area (TPSA) is 47.7 Å². The Bertz CT molecular complexity index is 410. The SMILES string of the molecule is CCOCCN(C)c1cc(OC)ccc1C(N)=S. The Balaban J connectivity index is 2.92. The van der Waals surface area contributed by atoms with E-state index in [1.54, 1.807) is 7.11 Å². The third-order valence-electron chi connectivity index (χ3n) is 2.66. The molecule has 4 nitrogen and oxygen atoms in total. The summed E-state index contributed by atoms with van der Waals surface area (Å²) in [7, 11) is 3.62. The first-order valence-electron chi connectivity index (χ1n) is 5.86. The molecule has 0 heterocycles. The molecule has 1 aromatic carbocycles.